The van der Waals surface area contributed by atoms with Gasteiger partial charge in [-0.05, 0) is 84.9 Å². The molecule has 2 aliphatic heterocycles. The Balaban J connectivity index is 1.43. The summed E-state index contributed by atoms with van der Waals surface area (Å²) in [6.07, 6.45) is -0.207. The first-order valence-electron chi connectivity index (χ1n) is 15.8. The number of amides is 1. The molecule has 0 aromatic carbocycles. The molecule has 1 saturated heterocycles. The lowest BCUT2D eigenvalue weighted by Crippen LogP contribution is -2.68. The molecule has 12 heteroatoms. The van der Waals surface area contributed by atoms with Crippen LogP contribution in [0.5, 0.6) is 0 Å². The largest absolute Gasteiger partial charge is 0.468 e. The molecule has 4 aliphatic rings. The van der Waals surface area contributed by atoms with Crippen molar-refractivity contribution < 1.29 is 43.8 Å². The molecule has 0 aromatic rings. The molecule has 0 spiro atoms. The summed E-state index contributed by atoms with van der Waals surface area (Å²) >= 11 is 0. The van der Waals surface area contributed by atoms with Crippen LogP contribution in [0.2, 0.25) is 0 Å². The van der Waals surface area contributed by atoms with Gasteiger partial charge in [0.2, 0.25) is 6.29 Å². The zero-order chi connectivity index (χ0) is 31.7. The molecule has 12 nitrogen and oxygen atoms in total. The van der Waals surface area contributed by atoms with Gasteiger partial charge >= 0.3 is 6.09 Å². The topological polar surface area (TPSA) is 151 Å². The van der Waals surface area contributed by atoms with Crippen LogP contribution in [0, 0.1) is 17.8 Å². The van der Waals surface area contributed by atoms with Gasteiger partial charge in [0.15, 0.2) is 6.29 Å². The second-order valence-electron chi connectivity index (χ2n) is 14.3. The Labute approximate surface area is 256 Å². The molecule has 2 saturated carbocycles. The number of rotatable bonds is 10. The summed E-state index contributed by atoms with van der Waals surface area (Å²) < 4.78 is 30.3. The minimum atomic E-state index is -1.58. The lowest BCUT2D eigenvalue weighted by atomic mass is 9.80. The van der Waals surface area contributed by atoms with E-state index in [2.05, 4.69) is 23.6 Å². The van der Waals surface area contributed by atoms with Crippen molar-refractivity contribution in [2.75, 3.05) is 33.8 Å². The quantitative estimate of drug-likeness (QED) is 0.245. The Morgan fingerprint density at radius 3 is 2.42 bits per heavy atom. The van der Waals surface area contributed by atoms with Crippen LogP contribution in [0.15, 0.2) is 11.8 Å². The molecule has 11 atom stereocenters. The van der Waals surface area contributed by atoms with Crippen LogP contribution in [0.3, 0.4) is 0 Å². The number of hydrogen-bond donors (Lipinski definition) is 5. The van der Waals surface area contributed by atoms with E-state index in [1.165, 1.54) is 31.7 Å². The predicted octanol–water partition coefficient (Wildman–Crippen LogP) is 1.72. The van der Waals surface area contributed by atoms with Gasteiger partial charge in [-0.25, -0.2) is 4.79 Å². The monoisotopic (exact) mass is 613 g/mol. The van der Waals surface area contributed by atoms with Crippen LogP contribution in [0.25, 0.3) is 0 Å². The van der Waals surface area contributed by atoms with Gasteiger partial charge in [0.25, 0.3) is 0 Å². The standard InChI is InChI=1S/C31H55N3O9/c1-17-9-12-20(15-33-14-19-10-11-19)40-27(17)41-24-18(2)13-21(32-7)25(22(24)35)42-28-23(36)26(31(6,38)16-39-28)34(8)29(37)43-30(3,4)5/h12,17-19,21-28,32-33,35-36,38H,9-11,13-16H2,1-8H3/t17-,18+,21-,22+,23-,24?,25+,26-,27-,28-,31+/m1/s1. The van der Waals surface area contributed by atoms with Crippen LogP contribution in [0.1, 0.15) is 67.2 Å². The van der Waals surface area contributed by atoms with Gasteiger partial charge in [0.1, 0.15) is 35.3 Å². The lowest BCUT2D eigenvalue weighted by molar-refractivity contribution is -0.313. The average molecular weight is 614 g/mol. The number of nitrogens with zero attached hydrogens (tertiary/aromatic N) is 1. The molecule has 43 heavy (non-hydrogen) atoms. The van der Waals surface area contributed by atoms with E-state index in [9.17, 15) is 20.1 Å². The van der Waals surface area contributed by atoms with Crippen molar-refractivity contribution in [3.8, 4) is 0 Å². The maximum atomic E-state index is 12.9. The third kappa shape index (κ3) is 8.61. The van der Waals surface area contributed by atoms with Gasteiger partial charge in [0.05, 0.1) is 25.3 Å². The highest BCUT2D eigenvalue weighted by atomic mass is 16.7. The molecule has 4 rings (SSSR count). The number of carbonyl (C=O) groups is 1. The number of allylic oxidation sites excluding steroid dienone is 1. The Bertz CT molecular complexity index is 969. The Morgan fingerprint density at radius 2 is 1.79 bits per heavy atom. The molecule has 0 radical (unpaired) electrons. The number of ether oxygens (including phenoxy) is 5. The van der Waals surface area contributed by atoms with E-state index in [0.717, 1.165) is 24.6 Å². The van der Waals surface area contributed by atoms with E-state index in [4.69, 9.17) is 23.7 Å². The first kappa shape index (κ1) is 34.4. The first-order valence-corrected chi connectivity index (χ1v) is 15.8. The van der Waals surface area contributed by atoms with E-state index >= 15 is 0 Å². The first-order chi connectivity index (χ1) is 20.1. The summed E-state index contributed by atoms with van der Waals surface area (Å²) in [5.74, 6) is 1.71. The average Bonchev–Trinajstić information content (AvgIpc) is 3.74. The zero-order valence-electron chi connectivity index (χ0n) is 27.1. The third-order valence-electron chi connectivity index (χ3n) is 8.97. The van der Waals surface area contributed by atoms with Crippen molar-refractivity contribution in [2.45, 2.75) is 128 Å². The van der Waals surface area contributed by atoms with E-state index in [0.29, 0.717) is 13.0 Å². The van der Waals surface area contributed by atoms with Gasteiger partial charge < -0.3 is 54.5 Å². The van der Waals surface area contributed by atoms with E-state index in [-0.39, 0.29) is 24.5 Å². The fourth-order valence-electron chi connectivity index (χ4n) is 6.32. The summed E-state index contributed by atoms with van der Waals surface area (Å²) in [5.41, 5.74) is -2.34. The van der Waals surface area contributed by atoms with Gasteiger partial charge in [-0.2, -0.15) is 0 Å². The maximum Gasteiger partial charge on any atom is 0.410 e. The number of carbonyl (C=O) groups excluding carboxylic acids is 1. The number of aliphatic hydroxyl groups excluding tert-OH is 2. The Morgan fingerprint density at radius 1 is 1.12 bits per heavy atom. The number of nitrogens with one attached hydrogen (secondary N) is 2. The van der Waals surface area contributed by atoms with Crippen molar-refractivity contribution in [3.05, 3.63) is 11.8 Å². The minimum absolute atomic E-state index is 0.0190. The lowest BCUT2D eigenvalue weighted by Gasteiger charge is -2.50. The minimum Gasteiger partial charge on any atom is -0.468 e. The molecule has 1 unspecified atom stereocenters. The SMILES string of the molecule is CN[C@@H]1C[C@H](C)C(O[C@H]2OC(CNCC3CC3)=CC[C@H]2C)[C@H](O)[C@H]1O[C@H]1OC[C@](C)(O)[C@H](N(C)C(=O)OC(C)(C)C)[C@H]1O. The molecule has 3 fully saturated rings. The molecular weight excluding hydrogens is 558 g/mol. The van der Waals surface area contributed by atoms with Crippen molar-refractivity contribution in [3.63, 3.8) is 0 Å². The second-order valence-corrected chi connectivity index (χ2v) is 14.3. The highest BCUT2D eigenvalue weighted by Crippen LogP contribution is 2.36. The Kier molecular flexibility index (Phi) is 11.1. The predicted molar refractivity (Wildman–Crippen MR) is 159 cm³/mol. The molecule has 1 amide bonds. The molecular formula is C31H55N3O9. The maximum absolute atomic E-state index is 12.9. The summed E-state index contributed by atoms with van der Waals surface area (Å²) in [6, 6.07) is -1.35. The highest BCUT2D eigenvalue weighted by molar-refractivity contribution is 5.68. The number of likely N-dealkylation sites (N-methyl/N-ethyl adjacent to an activating group) is 2. The second kappa shape index (κ2) is 13.9. The highest BCUT2D eigenvalue weighted by Gasteiger charge is 2.53. The Hall–Kier alpha value is -1.51. The van der Waals surface area contributed by atoms with E-state index < -0.39 is 60.3 Å². The van der Waals surface area contributed by atoms with Crippen molar-refractivity contribution in [2.24, 2.45) is 17.8 Å². The molecule has 2 aliphatic carbocycles. The zero-order valence-corrected chi connectivity index (χ0v) is 27.1. The van der Waals surface area contributed by atoms with E-state index in [1.54, 1.807) is 27.8 Å². The fraction of sp³-hybridized carbons (Fsp3) is 0.903. The van der Waals surface area contributed by atoms with Crippen LogP contribution < -0.4 is 10.6 Å². The number of aliphatic hydroxyl groups is 3. The van der Waals surface area contributed by atoms with Gasteiger partial charge in [0, 0.05) is 19.0 Å². The summed E-state index contributed by atoms with van der Waals surface area (Å²) in [4.78, 5) is 14.0. The van der Waals surface area contributed by atoms with Crippen molar-refractivity contribution in [1.82, 2.24) is 15.5 Å². The van der Waals surface area contributed by atoms with Crippen LogP contribution in [0.4, 0.5) is 4.79 Å². The summed E-state index contributed by atoms with van der Waals surface area (Å²) in [7, 11) is 3.26. The molecule has 248 valence electrons. The van der Waals surface area contributed by atoms with Crippen molar-refractivity contribution >= 4 is 6.09 Å². The normalized spacial score (nSPS) is 40.4. The fourth-order valence-corrected chi connectivity index (χ4v) is 6.32. The van der Waals surface area contributed by atoms with Crippen molar-refractivity contribution in [1.29, 1.82) is 0 Å². The van der Waals surface area contributed by atoms with Crippen LogP contribution >= 0.6 is 0 Å². The number of hydrogen-bond acceptors (Lipinski definition) is 11. The summed E-state index contributed by atoms with van der Waals surface area (Å²) in [5, 5.41) is 40.8. The van der Waals surface area contributed by atoms with Gasteiger partial charge in [-0.3, -0.25) is 0 Å². The van der Waals surface area contributed by atoms with E-state index in [1.807, 2.05) is 6.92 Å². The molecule has 0 aromatic heterocycles. The molecule has 5 N–H and O–H groups in total. The molecule has 2 heterocycles. The third-order valence-corrected chi connectivity index (χ3v) is 8.97. The van der Waals surface area contributed by atoms with Crippen LogP contribution in [-0.4, -0.2) is 120 Å². The van der Waals surface area contributed by atoms with Gasteiger partial charge in [-0.15, -0.1) is 0 Å². The smallest absolute Gasteiger partial charge is 0.410 e. The van der Waals surface area contributed by atoms with Gasteiger partial charge in [-0.1, -0.05) is 13.8 Å². The van der Waals surface area contributed by atoms with Crippen LogP contribution in [-0.2, 0) is 23.7 Å². The molecule has 0 bridgehead atoms. The summed E-state index contributed by atoms with van der Waals surface area (Å²) in [6.45, 7) is 12.3.